The molecule has 0 aliphatic carbocycles. The molecule has 1 aromatic carbocycles. The van der Waals surface area contributed by atoms with Crippen LogP contribution in [0.3, 0.4) is 0 Å². The lowest BCUT2D eigenvalue weighted by atomic mass is 10.2. The first kappa shape index (κ1) is 11.4. The molecule has 90 valence electrons. The maximum atomic E-state index is 11.7. The van der Waals surface area contributed by atoms with E-state index in [0.29, 0.717) is 11.4 Å². The van der Waals surface area contributed by atoms with Crippen molar-refractivity contribution in [2.24, 2.45) is 0 Å². The molecule has 3 amide bonds. The Morgan fingerprint density at radius 2 is 2.12 bits per heavy atom. The number of methoxy groups -OCH3 is 1. The number of para-hydroxylation sites is 2. The van der Waals surface area contributed by atoms with Crippen LogP contribution in [0, 0.1) is 0 Å². The van der Waals surface area contributed by atoms with Crippen molar-refractivity contribution in [2.45, 2.75) is 12.6 Å². The van der Waals surface area contributed by atoms with E-state index in [2.05, 4.69) is 5.32 Å². The predicted octanol–water partition coefficient (Wildman–Crippen LogP) is 0.460. The molecule has 1 heterocycles. The summed E-state index contributed by atoms with van der Waals surface area (Å²) in [5.41, 5.74) is 0.365. The second kappa shape index (κ2) is 4.42. The molecule has 0 radical (unpaired) electrons. The Hall–Kier alpha value is -2.08. The number of aliphatic hydroxyl groups excluding tert-OH is 1. The van der Waals surface area contributed by atoms with Crippen molar-refractivity contribution in [3.8, 4) is 5.75 Å². The Morgan fingerprint density at radius 3 is 2.76 bits per heavy atom. The quantitative estimate of drug-likeness (QED) is 0.781. The molecule has 1 saturated heterocycles. The van der Waals surface area contributed by atoms with E-state index in [1.54, 1.807) is 24.3 Å². The number of carbonyl (C=O) groups excluding carboxylic acids is 2. The van der Waals surface area contributed by atoms with Gasteiger partial charge in [-0.25, -0.2) is 9.69 Å². The van der Waals surface area contributed by atoms with Gasteiger partial charge in [0.05, 0.1) is 19.2 Å². The first-order chi connectivity index (χ1) is 8.13. The van der Waals surface area contributed by atoms with Gasteiger partial charge in [0, 0.05) is 0 Å². The van der Waals surface area contributed by atoms with Gasteiger partial charge >= 0.3 is 6.03 Å². The zero-order valence-corrected chi connectivity index (χ0v) is 9.21. The lowest BCUT2D eigenvalue weighted by molar-refractivity contribution is -0.121. The van der Waals surface area contributed by atoms with Crippen LogP contribution in [-0.4, -0.2) is 30.4 Å². The first-order valence-corrected chi connectivity index (χ1v) is 5.08. The standard InChI is InChI=1S/C11H12N2O4/c1-17-8-5-3-2-4-7(8)13-10(15)6-9(14)12-11(13)16/h2-5,9,14H,6H2,1H3,(H,12,16). The van der Waals surface area contributed by atoms with Gasteiger partial charge in [0.2, 0.25) is 5.91 Å². The van der Waals surface area contributed by atoms with Crippen LogP contribution in [0.4, 0.5) is 10.5 Å². The van der Waals surface area contributed by atoms with Gasteiger partial charge in [-0.2, -0.15) is 0 Å². The number of nitrogens with one attached hydrogen (secondary N) is 1. The summed E-state index contributed by atoms with van der Waals surface area (Å²) in [7, 11) is 1.46. The number of rotatable bonds is 2. The predicted molar refractivity (Wildman–Crippen MR) is 59.6 cm³/mol. The Bertz CT molecular complexity index is 443. The monoisotopic (exact) mass is 236 g/mol. The average Bonchev–Trinajstić information content (AvgIpc) is 2.28. The number of amides is 3. The van der Waals surface area contributed by atoms with Crippen molar-refractivity contribution < 1.29 is 19.4 Å². The Morgan fingerprint density at radius 1 is 1.41 bits per heavy atom. The first-order valence-electron chi connectivity index (χ1n) is 5.08. The summed E-state index contributed by atoms with van der Waals surface area (Å²) >= 11 is 0. The molecule has 1 aliphatic rings. The van der Waals surface area contributed by atoms with Crippen molar-refractivity contribution in [1.29, 1.82) is 0 Å². The van der Waals surface area contributed by atoms with E-state index in [1.807, 2.05) is 0 Å². The SMILES string of the molecule is COc1ccccc1N1C(=O)CC(O)NC1=O. The molecule has 0 saturated carbocycles. The van der Waals surface area contributed by atoms with E-state index in [1.165, 1.54) is 7.11 Å². The van der Waals surface area contributed by atoms with E-state index in [4.69, 9.17) is 4.74 Å². The molecule has 1 unspecified atom stereocenters. The lowest BCUT2D eigenvalue weighted by Gasteiger charge is -2.29. The number of hydrogen-bond acceptors (Lipinski definition) is 4. The molecule has 2 N–H and O–H groups in total. The third kappa shape index (κ3) is 2.07. The fourth-order valence-corrected chi connectivity index (χ4v) is 1.69. The highest BCUT2D eigenvalue weighted by molar-refractivity contribution is 6.16. The topological polar surface area (TPSA) is 78.9 Å². The summed E-state index contributed by atoms with van der Waals surface area (Å²) in [6.45, 7) is 0. The normalized spacial score (nSPS) is 20.1. The number of imide groups is 1. The summed E-state index contributed by atoms with van der Waals surface area (Å²) in [6, 6.07) is 6.04. The summed E-state index contributed by atoms with van der Waals surface area (Å²) in [4.78, 5) is 24.4. The van der Waals surface area contributed by atoms with Gasteiger partial charge in [0.25, 0.3) is 0 Å². The van der Waals surface area contributed by atoms with Crippen molar-refractivity contribution in [1.82, 2.24) is 5.32 Å². The molecule has 1 atom stereocenters. The molecule has 1 aliphatic heterocycles. The van der Waals surface area contributed by atoms with Crippen LogP contribution >= 0.6 is 0 Å². The molecular formula is C11H12N2O4. The van der Waals surface area contributed by atoms with Crippen LogP contribution in [0.2, 0.25) is 0 Å². The Labute approximate surface area is 97.8 Å². The highest BCUT2D eigenvalue weighted by Crippen LogP contribution is 2.29. The highest BCUT2D eigenvalue weighted by atomic mass is 16.5. The van der Waals surface area contributed by atoms with Gasteiger partial charge in [-0.3, -0.25) is 4.79 Å². The van der Waals surface area contributed by atoms with Gasteiger partial charge < -0.3 is 15.2 Å². The molecule has 2 rings (SSSR count). The number of urea groups is 1. The van der Waals surface area contributed by atoms with E-state index in [-0.39, 0.29) is 6.42 Å². The number of hydrogen-bond donors (Lipinski definition) is 2. The van der Waals surface area contributed by atoms with E-state index in [9.17, 15) is 14.7 Å². The minimum atomic E-state index is -1.12. The fourth-order valence-electron chi connectivity index (χ4n) is 1.69. The Balaban J connectivity index is 2.38. The van der Waals surface area contributed by atoms with Crippen LogP contribution in [0.1, 0.15) is 6.42 Å². The average molecular weight is 236 g/mol. The van der Waals surface area contributed by atoms with Crippen molar-refractivity contribution in [2.75, 3.05) is 12.0 Å². The second-order valence-electron chi connectivity index (χ2n) is 3.57. The van der Waals surface area contributed by atoms with Gasteiger partial charge in [-0.15, -0.1) is 0 Å². The third-order valence-corrected chi connectivity index (χ3v) is 2.44. The maximum Gasteiger partial charge on any atom is 0.330 e. The molecule has 1 fully saturated rings. The second-order valence-corrected chi connectivity index (χ2v) is 3.57. The van der Waals surface area contributed by atoms with Gasteiger partial charge in [0.15, 0.2) is 0 Å². The molecule has 17 heavy (non-hydrogen) atoms. The van der Waals surface area contributed by atoms with Gasteiger partial charge in [-0.1, -0.05) is 12.1 Å². The van der Waals surface area contributed by atoms with E-state index in [0.717, 1.165) is 4.90 Å². The lowest BCUT2D eigenvalue weighted by Crippen LogP contribution is -2.55. The molecule has 0 aromatic heterocycles. The highest BCUT2D eigenvalue weighted by Gasteiger charge is 2.33. The zero-order valence-electron chi connectivity index (χ0n) is 9.21. The van der Waals surface area contributed by atoms with Crippen molar-refractivity contribution in [3.05, 3.63) is 24.3 Å². The number of benzene rings is 1. The maximum absolute atomic E-state index is 11.7. The number of ether oxygens (including phenoxy) is 1. The molecule has 0 spiro atoms. The molecule has 1 aromatic rings. The van der Waals surface area contributed by atoms with Gasteiger partial charge in [-0.05, 0) is 12.1 Å². The smallest absolute Gasteiger partial charge is 0.330 e. The van der Waals surface area contributed by atoms with E-state index < -0.39 is 18.2 Å². The number of aliphatic hydroxyl groups is 1. The number of carbonyl (C=O) groups is 2. The van der Waals surface area contributed by atoms with Crippen LogP contribution in [0.5, 0.6) is 5.75 Å². The van der Waals surface area contributed by atoms with Crippen LogP contribution < -0.4 is 15.0 Å². The molecular weight excluding hydrogens is 224 g/mol. The van der Waals surface area contributed by atoms with Crippen LogP contribution in [0.15, 0.2) is 24.3 Å². The largest absolute Gasteiger partial charge is 0.495 e. The summed E-state index contributed by atoms with van der Waals surface area (Å²) < 4.78 is 5.09. The fraction of sp³-hybridized carbons (Fsp3) is 0.273. The minimum absolute atomic E-state index is 0.149. The van der Waals surface area contributed by atoms with Crippen molar-refractivity contribution >= 4 is 17.6 Å². The summed E-state index contributed by atoms with van der Waals surface area (Å²) in [5, 5.41) is 11.5. The molecule has 6 heteroatoms. The minimum Gasteiger partial charge on any atom is -0.495 e. The number of nitrogens with zero attached hydrogens (tertiary/aromatic N) is 1. The zero-order chi connectivity index (χ0) is 12.4. The Kier molecular flexibility index (Phi) is 2.97. The van der Waals surface area contributed by atoms with Gasteiger partial charge in [0.1, 0.15) is 12.0 Å². The van der Waals surface area contributed by atoms with Crippen LogP contribution in [0.25, 0.3) is 0 Å². The summed E-state index contributed by atoms with van der Waals surface area (Å²) in [5.74, 6) is -0.0434. The molecule has 6 nitrogen and oxygen atoms in total. The van der Waals surface area contributed by atoms with E-state index >= 15 is 0 Å². The molecule has 0 bridgehead atoms. The summed E-state index contributed by atoms with van der Waals surface area (Å²) in [6.07, 6.45) is -1.27. The number of anilines is 1. The van der Waals surface area contributed by atoms with Crippen molar-refractivity contribution in [3.63, 3.8) is 0 Å². The van der Waals surface area contributed by atoms with Crippen LogP contribution in [-0.2, 0) is 4.79 Å². The third-order valence-electron chi connectivity index (χ3n) is 2.44.